The van der Waals surface area contributed by atoms with Gasteiger partial charge in [0.1, 0.15) is 6.07 Å². The van der Waals surface area contributed by atoms with E-state index in [9.17, 15) is 27.2 Å². The summed E-state index contributed by atoms with van der Waals surface area (Å²) in [6.45, 7) is 5.31. The monoisotopic (exact) mass is 1250 g/mol. The van der Waals surface area contributed by atoms with E-state index < -0.39 is 139 Å². The third-order valence-corrected chi connectivity index (χ3v) is 19.0. The maximum Gasteiger partial charge on any atom is 0.252 e. The number of rotatable bonds is 8. The molecule has 96 heavy (non-hydrogen) atoms. The molecule has 0 bridgehead atoms. The second-order valence-corrected chi connectivity index (χ2v) is 25.2. The first-order valence-corrected chi connectivity index (χ1v) is 31.4. The second kappa shape index (κ2) is 21.3. The van der Waals surface area contributed by atoms with Crippen molar-refractivity contribution in [1.82, 2.24) is 13.7 Å². The molecule has 17 aromatic rings. The van der Waals surface area contributed by atoms with Crippen LogP contribution in [0.3, 0.4) is 0 Å². The van der Waals surface area contributed by atoms with Crippen LogP contribution in [0.4, 0.5) is 34.1 Å². The summed E-state index contributed by atoms with van der Waals surface area (Å²) in [5.74, 6) is 0. The quantitative estimate of drug-likeness (QED) is 0.142. The summed E-state index contributed by atoms with van der Waals surface area (Å²) in [7, 11) is 0. The lowest BCUT2D eigenvalue weighted by Crippen LogP contribution is -2.61. The molecule has 14 aromatic carbocycles. The molecule has 0 N–H and O–H groups in total. The van der Waals surface area contributed by atoms with Gasteiger partial charge in [-0.3, -0.25) is 0 Å². The smallest absolute Gasteiger partial charge is 0.252 e. The van der Waals surface area contributed by atoms with Gasteiger partial charge < -0.3 is 23.5 Å². The van der Waals surface area contributed by atoms with Gasteiger partial charge in [0.05, 0.1) is 84.5 Å². The van der Waals surface area contributed by atoms with Crippen LogP contribution in [0, 0.1) is 11.3 Å². The summed E-state index contributed by atoms with van der Waals surface area (Å²) in [4.78, 5) is 3.98. The summed E-state index contributed by atoms with van der Waals surface area (Å²) in [6.07, 6.45) is 0. The van der Waals surface area contributed by atoms with Crippen LogP contribution in [0.2, 0.25) is 0 Å². The van der Waals surface area contributed by atoms with Gasteiger partial charge in [0.15, 0.2) is 0 Å². The average Bonchev–Trinajstić information content (AvgIpc) is 1.57. The molecule has 7 heteroatoms. The van der Waals surface area contributed by atoms with E-state index in [4.69, 9.17) is 6.85 Å². The molecule has 0 fully saturated rings. The Hall–Kier alpha value is -12.4. The predicted octanol–water partition coefficient (Wildman–Crippen LogP) is 21.2. The zero-order valence-electron chi connectivity index (χ0n) is 72.7. The van der Waals surface area contributed by atoms with Gasteiger partial charge in [-0.1, -0.05) is 239 Å². The van der Waals surface area contributed by atoms with E-state index in [2.05, 4.69) is 43.9 Å². The van der Waals surface area contributed by atoms with Gasteiger partial charge in [0, 0.05) is 77.6 Å². The van der Waals surface area contributed by atoms with E-state index >= 15 is 0 Å². The second-order valence-electron chi connectivity index (χ2n) is 25.2. The summed E-state index contributed by atoms with van der Waals surface area (Å²) >= 11 is 0. The fourth-order valence-electron chi connectivity index (χ4n) is 14.8. The van der Waals surface area contributed by atoms with Crippen molar-refractivity contribution < 1.29 is 28.8 Å². The van der Waals surface area contributed by atoms with Crippen molar-refractivity contribution >= 4 is 123 Å². The van der Waals surface area contributed by atoms with Crippen LogP contribution in [0.1, 0.15) is 60.7 Å². The summed E-state index contributed by atoms with van der Waals surface area (Å²) in [5, 5.41) is 12.5. The van der Waals surface area contributed by atoms with Crippen LogP contribution in [-0.4, -0.2) is 20.4 Å². The van der Waals surface area contributed by atoms with E-state index in [-0.39, 0.29) is 71.7 Å². The number of fused-ring (bicyclic) bond motifs is 13. The Kier molecular flexibility index (Phi) is 8.44. The fraction of sp³-hybridized carbons (Fsp3) is 0.0449. The number of hydrogen-bond acceptors (Lipinski definition) is 3. The lowest BCUT2D eigenvalue weighted by Gasteiger charge is -2.45. The molecule has 0 amide bonds. The van der Waals surface area contributed by atoms with Crippen LogP contribution in [0.15, 0.2) is 315 Å². The standard InChI is InChI=1S/C89H61BN6/c1-89(2,3)62-50-72(58-27-9-5-10-28-58)88(73(51-62)59-29-11-6-12-30-59)96-84-53-64(92-76-37-19-13-31-66(76)67-32-14-20-38-77(67)92)46-48-75(84)90-74-47-44-60(57-25-7-4-8-26-57)49-83(74)93(63-45-43-61(56-91)82(52-63)95-80-41-23-17-35-70(80)71-36-18-24-42-81(71)95)85-54-65(55-86(96)87(85)90)94-78-39-21-15-33-68(78)69-34-16-22-40-79(69)94/h4-55H,1-3H3/i4D,7D,8D,13D,14D,15D,16D,19D,20D,21D,22D,25D,26D,31D,32D,33D,34D,37D,38D,39D,40D. The molecule has 6 nitrogen and oxygen atoms in total. The Morgan fingerprint density at radius 1 is 0.344 bits per heavy atom. The number of aromatic nitrogens is 3. The first kappa shape index (κ1) is 38.0. The normalized spacial score (nSPS) is 15.7. The molecule has 5 heterocycles. The highest BCUT2D eigenvalue weighted by atomic mass is 15.2. The lowest BCUT2D eigenvalue weighted by molar-refractivity contribution is 0.591. The zero-order chi connectivity index (χ0) is 82.2. The number of para-hydroxylation sites is 6. The molecule has 0 radical (unpaired) electrons. The van der Waals surface area contributed by atoms with E-state index in [1.807, 2.05) is 143 Å². The van der Waals surface area contributed by atoms with Crippen molar-refractivity contribution in [2.45, 2.75) is 26.2 Å². The Morgan fingerprint density at radius 2 is 0.792 bits per heavy atom. The minimum Gasteiger partial charge on any atom is -0.311 e. The van der Waals surface area contributed by atoms with E-state index in [0.717, 1.165) is 38.5 Å². The van der Waals surface area contributed by atoms with E-state index in [1.165, 1.54) is 9.13 Å². The van der Waals surface area contributed by atoms with Crippen molar-refractivity contribution in [3.05, 3.63) is 326 Å². The fourth-order valence-corrected chi connectivity index (χ4v) is 14.8. The van der Waals surface area contributed by atoms with Crippen molar-refractivity contribution in [2.75, 3.05) is 9.80 Å². The van der Waals surface area contributed by atoms with Gasteiger partial charge in [-0.15, -0.1) is 0 Å². The number of hydrogen-bond donors (Lipinski definition) is 0. The molecule has 19 rings (SSSR count). The number of nitrogens with zero attached hydrogens (tertiary/aromatic N) is 6. The molecular weight excluding hydrogens is 1160 g/mol. The Balaban J connectivity index is 1.06. The van der Waals surface area contributed by atoms with E-state index in [1.54, 1.807) is 42.5 Å². The third-order valence-electron chi connectivity index (χ3n) is 19.0. The summed E-state index contributed by atoms with van der Waals surface area (Å²) < 4.78 is 203. The van der Waals surface area contributed by atoms with Crippen molar-refractivity contribution in [2.24, 2.45) is 0 Å². The van der Waals surface area contributed by atoms with Gasteiger partial charge in [-0.2, -0.15) is 5.26 Å². The van der Waals surface area contributed by atoms with Crippen LogP contribution in [0.25, 0.3) is 116 Å². The highest BCUT2D eigenvalue weighted by Gasteiger charge is 2.45. The Bertz CT molecular complexity index is 7130. The highest BCUT2D eigenvalue weighted by Crippen LogP contribution is 2.53. The minimum absolute atomic E-state index is 0.0666. The van der Waals surface area contributed by atoms with Crippen molar-refractivity contribution in [1.29, 1.82) is 5.26 Å². The first-order valence-electron chi connectivity index (χ1n) is 41.9. The van der Waals surface area contributed by atoms with Crippen LogP contribution >= 0.6 is 0 Å². The highest BCUT2D eigenvalue weighted by molar-refractivity contribution is 7.00. The Morgan fingerprint density at radius 3 is 1.33 bits per heavy atom. The van der Waals surface area contributed by atoms with E-state index in [0.29, 0.717) is 67.3 Å². The maximum absolute atomic E-state index is 11.5. The SMILES string of the molecule is [2H]c1c([2H])c([2H])c(-c2ccc3c(c2)N(c2ccc(C#N)c(-n4c5ccccc5c5ccccc54)c2)c2cc(-n4c5c([2H])c([2H])c([2H])c([2H])c5c5c([2H])c([2H])c([2H])c([2H])c54)cc4c2B3c2ccc(-n3c5c([2H])c([2H])c([2H])c([2H])c5c5c([2H])c([2H])c([2H])c([2H])c53)cc2N4c2c(-c3ccccc3)cc(C(C)(C)C)cc2-c2ccccc2)c([2H])c1[2H]. The molecule has 0 spiro atoms. The average molecular weight is 1250 g/mol. The minimum atomic E-state index is -1.01. The first-order chi connectivity index (χ1) is 56.0. The third kappa shape index (κ3) is 8.32. The van der Waals surface area contributed by atoms with Gasteiger partial charge in [-0.05, 0) is 147 Å². The number of anilines is 6. The molecule has 0 saturated heterocycles. The predicted molar refractivity (Wildman–Crippen MR) is 403 cm³/mol. The molecule has 3 aromatic heterocycles. The topological polar surface area (TPSA) is 45.1 Å². The molecule has 0 aliphatic carbocycles. The van der Waals surface area contributed by atoms with Gasteiger partial charge in [0.2, 0.25) is 0 Å². The maximum atomic E-state index is 11.5. The lowest BCUT2D eigenvalue weighted by atomic mass is 9.33. The van der Waals surface area contributed by atoms with Crippen LogP contribution in [0.5, 0.6) is 0 Å². The molecule has 0 atom stereocenters. The number of benzene rings is 14. The molecule has 450 valence electrons. The molecule has 0 unspecified atom stereocenters. The van der Waals surface area contributed by atoms with Crippen molar-refractivity contribution in [3.8, 4) is 56.5 Å². The molecular formula is C89H61BN6. The van der Waals surface area contributed by atoms with Gasteiger partial charge in [0.25, 0.3) is 6.71 Å². The van der Waals surface area contributed by atoms with Gasteiger partial charge in [-0.25, -0.2) is 0 Å². The summed E-state index contributed by atoms with van der Waals surface area (Å²) in [6, 6.07) is 48.6. The zero-order valence-corrected chi connectivity index (χ0v) is 51.7. The van der Waals surface area contributed by atoms with Crippen LogP contribution < -0.4 is 26.2 Å². The molecule has 2 aliphatic rings. The van der Waals surface area contributed by atoms with Gasteiger partial charge >= 0.3 is 0 Å². The molecule has 2 aliphatic heterocycles. The van der Waals surface area contributed by atoms with Crippen LogP contribution in [-0.2, 0) is 5.41 Å². The number of nitriles is 1. The van der Waals surface area contributed by atoms with Crippen molar-refractivity contribution in [3.63, 3.8) is 0 Å². The largest absolute Gasteiger partial charge is 0.311 e. The molecule has 0 saturated carbocycles. The summed E-state index contributed by atoms with van der Waals surface area (Å²) in [5.41, 5.74) is 8.67. The Labute approximate surface area is 586 Å².